The van der Waals surface area contributed by atoms with Crippen LogP contribution in [0.1, 0.15) is 19.0 Å². The van der Waals surface area contributed by atoms with Crippen molar-refractivity contribution < 1.29 is 14.6 Å². The van der Waals surface area contributed by atoms with Crippen molar-refractivity contribution in [2.45, 2.75) is 18.9 Å². The lowest BCUT2D eigenvalue weighted by atomic mass is 9.99. The topological polar surface area (TPSA) is 75.9 Å². The second kappa shape index (κ2) is 7.23. The van der Waals surface area contributed by atoms with Crippen molar-refractivity contribution in [3.05, 3.63) is 28.5 Å². The number of ether oxygens (including phenoxy) is 1. The van der Waals surface area contributed by atoms with Crippen LogP contribution in [0.3, 0.4) is 0 Å². The van der Waals surface area contributed by atoms with Gasteiger partial charge >= 0.3 is 0 Å². The second-order valence-corrected chi connectivity index (χ2v) is 6.36. The fourth-order valence-electron chi connectivity index (χ4n) is 2.16. The number of halogens is 1. The predicted molar refractivity (Wildman–Crippen MR) is 87.2 cm³/mol. The predicted octanol–water partition coefficient (Wildman–Crippen LogP) is 1.97. The second-order valence-electron chi connectivity index (χ2n) is 5.13. The van der Waals surface area contributed by atoms with E-state index in [0.29, 0.717) is 23.9 Å². The van der Waals surface area contributed by atoms with E-state index in [1.165, 1.54) is 17.4 Å². The summed E-state index contributed by atoms with van der Waals surface area (Å²) in [6.07, 6.45) is 5.27. The Labute approximate surface area is 137 Å². The van der Waals surface area contributed by atoms with Crippen LogP contribution >= 0.6 is 22.9 Å². The molecular formula is C14H18ClN3O3S. The number of thiazole rings is 1. The zero-order valence-electron chi connectivity index (χ0n) is 12.4. The molecule has 2 aromatic rings. The summed E-state index contributed by atoms with van der Waals surface area (Å²) in [5, 5.41) is 14.2. The van der Waals surface area contributed by atoms with E-state index in [2.05, 4.69) is 10.3 Å². The molecule has 0 aromatic carbocycles. The number of hydrogen-bond acceptors (Lipinski definition) is 5. The first kappa shape index (κ1) is 17.0. The third-order valence-electron chi connectivity index (χ3n) is 3.20. The minimum atomic E-state index is -0.621. The Kier molecular flexibility index (Phi) is 5.57. The summed E-state index contributed by atoms with van der Waals surface area (Å²) in [7, 11) is 1.55. The van der Waals surface area contributed by atoms with E-state index in [0.717, 1.165) is 4.96 Å². The molecule has 2 aromatic heterocycles. The first-order valence-corrected chi connectivity index (χ1v) is 7.96. The van der Waals surface area contributed by atoms with Gasteiger partial charge in [-0.3, -0.25) is 9.20 Å². The quantitative estimate of drug-likeness (QED) is 0.754. The summed E-state index contributed by atoms with van der Waals surface area (Å²) in [4.78, 5) is 17.1. The number of aliphatic hydroxyl groups excluding tert-OH is 1. The average Bonchev–Trinajstić information content (AvgIpc) is 2.97. The number of carbonyl (C=O) groups is 1. The summed E-state index contributed by atoms with van der Waals surface area (Å²) in [5.74, 6) is -0.283. The zero-order chi connectivity index (χ0) is 16.2. The number of rotatable bonds is 7. The van der Waals surface area contributed by atoms with Gasteiger partial charge in [-0.1, -0.05) is 11.6 Å². The standard InChI is InChI=1S/C14H18ClN3O3S/c1-14(5-7-19,9-21-2)17-11(20)4-3-10-12(15)16-13-18(10)6-8-22-13/h3-4,6,8,19H,5,7,9H2,1-2H3,(H,17,20)/b4-3+. The molecule has 2 rings (SSSR count). The lowest BCUT2D eigenvalue weighted by Gasteiger charge is -2.28. The maximum absolute atomic E-state index is 12.1. The molecule has 0 saturated carbocycles. The summed E-state index contributed by atoms with van der Waals surface area (Å²) in [6, 6.07) is 0. The van der Waals surface area contributed by atoms with Crippen molar-refractivity contribution in [2.75, 3.05) is 20.3 Å². The highest BCUT2D eigenvalue weighted by molar-refractivity contribution is 7.15. The van der Waals surface area contributed by atoms with Crippen LogP contribution in [0.4, 0.5) is 0 Å². The van der Waals surface area contributed by atoms with E-state index < -0.39 is 5.54 Å². The van der Waals surface area contributed by atoms with E-state index in [9.17, 15) is 4.79 Å². The number of hydrogen-bond donors (Lipinski definition) is 2. The van der Waals surface area contributed by atoms with Gasteiger partial charge in [-0.15, -0.1) is 11.3 Å². The summed E-state index contributed by atoms with van der Waals surface area (Å²) in [5.41, 5.74) is 0.0350. The molecule has 120 valence electrons. The maximum Gasteiger partial charge on any atom is 0.244 e. The maximum atomic E-state index is 12.1. The molecule has 0 aliphatic heterocycles. The molecule has 6 nitrogen and oxygen atoms in total. The number of fused-ring (bicyclic) bond motifs is 1. The molecule has 1 amide bonds. The van der Waals surface area contributed by atoms with Crippen LogP contribution < -0.4 is 5.32 Å². The van der Waals surface area contributed by atoms with Gasteiger partial charge in [0.15, 0.2) is 10.1 Å². The normalized spacial score (nSPS) is 14.5. The molecule has 1 atom stereocenters. The van der Waals surface area contributed by atoms with Gasteiger partial charge < -0.3 is 15.2 Å². The number of carbonyl (C=O) groups excluding carboxylic acids is 1. The summed E-state index contributed by atoms with van der Waals surface area (Å²) in [6.45, 7) is 2.10. The highest BCUT2D eigenvalue weighted by atomic mass is 35.5. The van der Waals surface area contributed by atoms with Gasteiger partial charge in [-0.25, -0.2) is 4.98 Å². The first-order valence-electron chi connectivity index (χ1n) is 6.70. The average molecular weight is 344 g/mol. The zero-order valence-corrected chi connectivity index (χ0v) is 13.9. The smallest absolute Gasteiger partial charge is 0.244 e. The molecule has 0 aliphatic carbocycles. The number of amides is 1. The first-order chi connectivity index (χ1) is 10.5. The summed E-state index contributed by atoms with van der Waals surface area (Å²) < 4.78 is 6.91. The molecule has 2 N–H and O–H groups in total. The van der Waals surface area contributed by atoms with E-state index >= 15 is 0 Å². The van der Waals surface area contributed by atoms with Crippen molar-refractivity contribution in [2.24, 2.45) is 0 Å². The molecule has 0 saturated heterocycles. The van der Waals surface area contributed by atoms with Crippen molar-refractivity contribution in [1.82, 2.24) is 14.7 Å². The fraction of sp³-hybridized carbons (Fsp3) is 0.429. The molecule has 2 heterocycles. The Balaban J connectivity index is 2.10. The highest BCUT2D eigenvalue weighted by Gasteiger charge is 2.25. The molecular weight excluding hydrogens is 326 g/mol. The van der Waals surface area contributed by atoms with Crippen LogP contribution in [0.5, 0.6) is 0 Å². The van der Waals surface area contributed by atoms with E-state index in [1.807, 2.05) is 22.9 Å². The van der Waals surface area contributed by atoms with Crippen molar-refractivity contribution in [3.8, 4) is 0 Å². The van der Waals surface area contributed by atoms with Crippen LogP contribution in [0.2, 0.25) is 5.15 Å². The van der Waals surface area contributed by atoms with Gasteiger partial charge in [0.05, 0.1) is 17.8 Å². The molecule has 0 spiro atoms. The lowest BCUT2D eigenvalue weighted by molar-refractivity contribution is -0.119. The lowest BCUT2D eigenvalue weighted by Crippen LogP contribution is -2.49. The Bertz CT molecular complexity index is 674. The van der Waals surface area contributed by atoms with Gasteiger partial charge in [0.25, 0.3) is 0 Å². The number of aliphatic hydroxyl groups is 1. The van der Waals surface area contributed by atoms with Gasteiger partial charge in [-0.05, 0) is 19.4 Å². The molecule has 1 unspecified atom stereocenters. The minimum Gasteiger partial charge on any atom is -0.396 e. The van der Waals surface area contributed by atoms with Crippen molar-refractivity contribution >= 4 is 39.9 Å². The Morgan fingerprint density at radius 2 is 2.45 bits per heavy atom. The van der Waals surface area contributed by atoms with Gasteiger partial charge in [0, 0.05) is 31.4 Å². The summed E-state index contributed by atoms with van der Waals surface area (Å²) >= 11 is 7.53. The van der Waals surface area contributed by atoms with Gasteiger partial charge in [0.2, 0.25) is 5.91 Å². The SMILES string of the molecule is COCC(C)(CCO)NC(=O)/C=C/c1c(Cl)nc2sccn12. The number of nitrogens with one attached hydrogen (secondary N) is 1. The van der Waals surface area contributed by atoms with Crippen LogP contribution in [0.25, 0.3) is 11.0 Å². The minimum absolute atomic E-state index is 0.0339. The van der Waals surface area contributed by atoms with E-state index in [4.69, 9.17) is 21.4 Å². The molecule has 0 aliphatic rings. The molecule has 8 heteroatoms. The van der Waals surface area contributed by atoms with E-state index in [-0.39, 0.29) is 12.5 Å². The molecule has 0 fully saturated rings. The number of methoxy groups -OCH3 is 1. The third kappa shape index (κ3) is 3.86. The highest BCUT2D eigenvalue weighted by Crippen LogP contribution is 2.22. The van der Waals surface area contributed by atoms with Crippen LogP contribution in [0.15, 0.2) is 17.7 Å². The van der Waals surface area contributed by atoms with Crippen LogP contribution in [-0.4, -0.2) is 46.3 Å². The Hall–Kier alpha value is -1.41. The Morgan fingerprint density at radius 3 is 3.14 bits per heavy atom. The Morgan fingerprint density at radius 1 is 1.68 bits per heavy atom. The van der Waals surface area contributed by atoms with Gasteiger partial charge in [0.1, 0.15) is 0 Å². The van der Waals surface area contributed by atoms with Gasteiger partial charge in [-0.2, -0.15) is 0 Å². The van der Waals surface area contributed by atoms with E-state index in [1.54, 1.807) is 13.2 Å². The molecule has 0 radical (unpaired) electrons. The number of imidazole rings is 1. The van der Waals surface area contributed by atoms with Crippen LogP contribution in [-0.2, 0) is 9.53 Å². The van der Waals surface area contributed by atoms with Crippen LogP contribution in [0, 0.1) is 0 Å². The fourth-order valence-corrected chi connectivity index (χ4v) is 3.16. The third-order valence-corrected chi connectivity index (χ3v) is 4.23. The largest absolute Gasteiger partial charge is 0.396 e. The number of aromatic nitrogens is 2. The van der Waals surface area contributed by atoms with Crippen molar-refractivity contribution in [1.29, 1.82) is 0 Å². The van der Waals surface area contributed by atoms with Crippen molar-refractivity contribution in [3.63, 3.8) is 0 Å². The molecule has 0 bridgehead atoms. The number of nitrogens with zero attached hydrogens (tertiary/aromatic N) is 2. The molecule has 22 heavy (non-hydrogen) atoms. The monoisotopic (exact) mass is 343 g/mol.